The number of nitrogens with two attached hydrogens (primary N) is 1. The van der Waals surface area contributed by atoms with E-state index in [1.54, 1.807) is 31.3 Å². The Morgan fingerprint density at radius 2 is 1.71 bits per heavy atom. The van der Waals surface area contributed by atoms with Gasteiger partial charge in [-0.15, -0.1) is 10.2 Å². The number of piperazine rings is 1. The molecule has 3 N–H and O–H groups in total. The second kappa shape index (κ2) is 12.9. The van der Waals surface area contributed by atoms with E-state index in [1.165, 1.54) is 18.7 Å². The number of thioether (sulfide) groups is 1. The topological polar surface area (TPSA) is 187 Å². The smallest absolute Gasteiger partial charge is 0.311 e. The number of amides is 1. The summed E-state index contributed by atoms with van der Waals surface area (Å²) in [6, 6.07) is 3.53. The lowest BCUT2D eigenvalue weighted by Gasteiger charge is -2.34. The van der Waals surface area contributed by atoms with E-state index in [2.05, 4.69) is 20.2 Å². The molecule has 4 rings (SSSR count). The zero-order valence-corrected chi connectivity index (χ0v) is 22.3. The minimum Gasteiger partial charge on any atom is -0.493 e. The molecule has 0 bridgehead atoms. The van der Waals surface area contributed by atoms with Crippen LogP contribution in [0.4, 0.5) is 11.8 Å². The number of carboxylic acids is 1. The van der Waals surface area contributed by atoms with Crippen molar-refractivity contribution >= 4 is 52.1 Å². The van der Waals surface area contributed by atoms with Crippen molar-refractivity contribution in [1.29, 1.82) is 0 Å². The van der Waals surface area contributed by atoms with Gasteiger partial charge in [0, 0.05) is 44.1 Å². The Labute approximate surface area is 222 Å². The van der Waals surface area contributed by atoms with Crippen molar-refractivity contribution in [1.82, 2.24) is 25.1 Å². The van der Waals surface area contributed by atoms with Gasteiger partial charge < -0.3 is 39.3 Å². The van der Waals surface area contributed by atoms with Crippen LogP contribution in [0, 0.1) is 0 Å². The normalized spacial score (nSPS) is 13.1. The number of ketones is 1. The first-order valence-electron chi connectivity index (χ1n) is 11.5. The van der Waals surface area contributed by atoms with Crippen LogP contribution in [0.5, 0.6) is 11.5 Å². The monoisotopic (exact) mass is 547 g/mol. The van der Waals surface area contributed by atoms with Crippen molar-refractivity contribution < 1.29 is 33.4 Å². The third-order valence-corrected chi connectivity index (χ3v) is 6.04. The molecule has 1 aromatic carbocycles. The van der Waals surface area contributed by atoms with Gasteiger partial charge >= 0.3 is 17.8 Å². The first-order chi connectivity index (χ1) is 18.2. The molecule has 1 amide bonds. The Kier molecular flexibility index (Phi) is 9.65. The highest BCUT2D eigenvalue weighted by molar-refractivity contribution is 7.98. The van der Waals surface area contributed by atoms with Crippen LogP contribution in [-0.2, 0) is 9.59 Å². The van der Waals surface area contributed by atoms with Crippen LogP contribution in [0.1, 0.15) is 30.5 Å². The van der Waals surface area contributed by atoms with E-state index in [4.69, 9.17) is 24.7 Å². The van der Waals surface area contributed by atoms with E-state index in [9.17, 15) is 14.4 Å². The van der Waals surface area contributed by atoms with E-state index in [-0.39, 0.29) is 30.4 Å². The van der Waals surface area contributed by atoms with E-state index in [1.807, 2.05) is 11.2 Å². The number of rotatable bonds is 8. The average molecular weight is 548 g/mol. The molecular weight excluding hydrogens is 518 g/mol. The highest BCUT2D eigenvalue weighted by Gasteiger charge is 2.27. The predicted octanol–water partition coefficient (Wildman–Crippen LogP) is 1.74. The molecule has 0 aliphatic carbocycles. The zero-order valence-electron chi connectivity index (χ0n) is 21.5. The van der Waals surface area contributed by atoms with Gasteiger partial charge in [0.15, 0.2) is 11.5 Å². The Balaban J connectivity index is 0.000000436. The number of fused-ring (bicyclic) bond motifs is 1. The van der Waals surface area contributed by atoms with Gasteiger partial charge in [-0.05, 0) is 19.2 Å². The van der Waals surface area contributed by atoms with Crippen molar-refractivity contribution in [3.8, 4) is 11.5 Å². The number of methoxy groups -OCH3 is 2. The zero-order chi connectivity index (χ0) is 27.8. The Morgan fingerprint density at radius 3 is 2.24 bits per heavy atom. The standard InChI is InChI=1S/C18H21N7O4S.C5H8O3/c1-27-12-8-10-11(9-13(12)28-2)20-17(21-14(10)19)25-6-4-24(5-7-25)16(26)15-22-23-18(29-15)30-3;1-4(6)2-3-5(7)8/h8-9H,4-7H2,1-3H3,(H2,19,20,21);2-3H2,1H3,(H,7,8). The van der Waals surface area contributed by atoms with Crippen LogP contribution in [0.2, 0.25) is 0 Å². The molecule has 2 aromatic heterocycles. The third kappa shape index (κ3) is 7.00. The lowest BCUT2D eigenvalue weighted by molar-refractivity contribution is -0.138. The molecular formula is C23H29N7O7S. The number of hydrogen-bond donors (Lipinski definition) is 2. The van der Waals surface area contributed by atoms with Crippen molar-refractivity contribution in [2.24, 2.45) is 0 Å². The van der Waals surface area contributed by atoms with Crippen LogP contribution in [-0.4, -0.2) is 94.5 Å². The van der Waals surface area contributed by atoms with Gasteiger partial charge in [0.2, 0.25) is 5.95 Å². The van der Waals surface area contributed by atoms with Gasteiger partial charge in [-0.1, -0.05) is 11.8 Å². The van der Waals surface area contributed by atoms with E-state index >= 15 is 0 Å². The van der Waals surface area contributed by atoms with E-state index in [0.717, 1.165) is 0 Å². The Morgan fingerprint density at radius 1 is 1.05 bits per heavy atom. The molecule has 3 aromatic rings. The van der Waals surface area contributed by atoms with Crippen molar-refractivity contribution in [2.75, 3.05) is 57.3 Å². The Bertz CT molecular complexity index is 1290. The van der Waals surface area contributed by atoms with Gasteiger partial charge in [0.1, 0.15) is 11.6 Å². The summed E-state index contributed by atoms with van der Waals surface area (Å²) in [4.78, 5) is 45.1. The first kappa shape index (κ1) is 28.4. The second-order valence-corrected chi connectivity index (χ2v) is 8.84. The molecule has 0 atom stereocenters. The van der Waals surface area contributed by atoms with Gasteiger partial charge in [0.25, 0.3) is 5.22 Å². The lowest BCUT2D eigenvalue weighted by atomic mass is 10.2. The number of benzene rings is 1. The predicted molar refractivity (Wildman–Crippen MR) is 139 cm³/mol. The summed E-state index contributed by atoms with van der Waals surface area (Å²) in [5, 5.41) is 16.7. The molecule has 204 valence electrons. The summed E-state index contributed by atoms with van der Waals surface area (Å²) in [5.41, 5.74) is 6.83. The van der Waals surface area contributed by atoms with Crippen molar-refractivity contribution in [3.63, 3.8) is 0 Å². The first-order valence-corrected chi connectivity index (χ1v) is 12.7. The summed E-state index contributed by atoms with van der Waals surface area (Å²) in [6.07, 6.45) is 1.91. The number of carbonyl (C=O) groups is 3. The Hall–Kier alpha value is -4.14. The van der Waals surface area contributed by atoms with Crippen molar-refractivity contribution in [3.05, 3.63) is 18.0 Å². The summed E-state index contributed by atoms with van der Waals surface area (Å²) >= 11 is 1.29. The quantitative estimate of drug-likeness (QED) is 0.388. The fourth-order valence-electron chi connectivity index (χ4n) is 3.51. The summed E-state index contributed by atoms with van der Waals surface area (Å²) in [5.74, 6) is 0.706. The van der Waals surface area contributed by atoms with Gasteiger partial charge in [-0.2, -0.15) is 4.98 Å². The molecule has 1 saturated heterocycles. The number of ether oxygens (including phenoxy) is 2. The summed E-state index contributed by atoms with van der Waals surface area (Å²) in [6.45, 7) is 3.43. The highest BCUT2D eigenvalue weighted by Crippen LogP contribution is 2.34. The number of nitrogens with zero attached hydrogens (tertiary/aromatic N) is 6. The van der Waals surface area contributed by atoms with Crippen LogP contribution >= 0.6 is 11.8 Å². The average Bonchev–Trinajstić information content (AvgIpc) is 3.40. The van der Waals surface area contributed by atoms with Gasteiger partial charge in [-0.3, -0.25) is 9.59 Å². The summed E-state index contributed by atoms with van der Waals surface area (Å²) in [7, 11) is 3.13. The maximum absolute atomic E-state index is 12.6. The van der Waals surface area contributed by atoms with Crippen molar-refractivity contribution in [2.45, 2.75) is 25.0 Å². The van der Waals surface area contributed by atoms with Gasteiger partial charge in [0.05, 0.1) is 26.2 Å². The molecule has 14 nitrogen and oxygen atoms in total. The number of Topliss-reactive ketones (excluding diaryl/α,β-unsaturated/α-hetero) is 1. The minimum absolute atomic E-state index is 0.0000388. The molecule has 0 spiro atoms. The number of nitrogen functional groups attached to an aromatic ring is 1. The largest absolute Gasteiger partial charge is 0.493 e. The highest BCUT2D eigenvalue weighted by atomic mass is 32.2. The number of aliphatic carboxylic acids is 1. The second-order valence-electron chi connectivity index (χ2n) is 8.09. The molecule has 0 radical (unpaired) electrons. The number of carboxylic acid groups (broad SMARTS) is 1. The lowest BCUT2D eigenvalue weighted by Crippen LogP contribution is -2.49. The van der Waals surface area contributed by atoms with Gasteiger partial charge in [-0.25, -0.2) is 4.98 Å². The molecule has 0 saturated carbocycles. The van der Waals surface area contributed by atoms with E-state index < -0.39 is 5.97 Å². The molecule has 3 heterocycles. The molecule has 1 aliphatic rings. The maximum atomic E-state index is 12.6. The number of carbonyl (C=O) groups excluding carboxylic acids is 2. The summed E-state index contributed by atoms with van der Waals surface area (Å²) < 4.78 is 16.0. The molecule has 0 unspecified atom stereocenters. The number of hydrogen-bond acceptors (Lipinski definition) is 13. The molecule has 1 aliphatic heterocycles. The molecule has 1 fully saturated rings. The molecule has 15 heteroatoms. The SMILES string of the molecule is CC(=O)CCC(=O)O.COc1cc2nc(N3CCN(C(=O)c4nnc(SC)o4)CC3)nc(N)c2cc1OC. The fraction of sp³-hybridized carbons (Fsp3) is 0.435. The third-order valence-electron chi connectivity index (χ3n) is 5.52. The minimum atomic E-state index is -0.916. The van der Waals surface area contributed by atoms with Crippen LogP contribution in [0.25, 0.3) is 10.9 Å². The number of aromatic nitrogens is 4. The molecule has 38 heavy (non-hydrogen) atoms. The van der Waals surface area contributed by atoms with Crippen LogP contribution in [0.15, 0.2) is 21.8 Å². The van der Waals surface area contributed by atoms with Crippen LogP contribution < -0.4 is 20.1 Å². The maximum Gasteiger partial charge on any atom is 0.311 e. The fourth-order valence-corrected chi connectivity index (χ4v) is 3.80. The van der Waals surface area contributed by atoms with E-state index in [0.29, 0.717) is 65.6 Å². The van der Waals surface area contributed by atoms with Crippen LogP contribution in [0.3, 0.4) is 0 Å². The number of anilines is 2.